The molecule has 0 unspecified atom stereocenters. The maximum atomic E-state index is 13.7. The Morgan fingerprint density at radius 2 is 1.96 bits per heavy atom. The molecule has 2 aromatic rings. The van der Waals surface area contributed by atoms with Gasteiger partial charge in [0.05, 0.1) is 6.04 Å². The first-order chi connectivity index (χ1) is 11.1. The van der Waals surface area contributed by atoms with Crippen molar-refractivity contribution in [3.63, 3.8) is 0 Å². The summed E-state index contributed by atoms with van der Waals surface area (Å²) in [5.74, 6) is -0.614. The van der Waals surface area contributed by atoms with Crippen LogP contribution in [0.15, 0.2) is 47.6 Å². The number of halogens is 1. The van der Waals surface area contributed by atoms with Gasteiger partial charge in [0, 0.05) is 11.8 Å². The molecule has 3 nitrogen and oxygen atoms in total. The van der Waals surface area contributed by atoms with Gasteiger partial charge in [-0.3, -0.25) is 14.4 Å². The first kappa shape index (κ1) is 15.7. The van der Waals surface area contributed by atoms with Crippen molar-refractivity contribution in [2.45, 2.75) is 45.1 Å². The maximum Gasteiger partial charge on any atom is 0.263 e. The van der Waals surface area contributed by atoms with E-state index >= 15 is 0 Å². The fraction of sp³-hybridized carbons (Fsp3) is 0.368. The van der Waals surface area contributed by atoms with E-state index in [-0.39, 0.29) is 17.8 Å². The molecule has 23 heavy (non-hydrogen) atoms. The minimum Gasteiger partial charge on any atom is -0.268 e. The molecule has 1 saturated carbocycles. The number of carbonyl (C=O) groups is 1. The van der Waals surface area contributed by atoms with E-state index in [1.165, 1.54) is 29.9 Å². The monoisotopic (exact) mass is 312 g/mol. The Hall–Kier alpha value is -2.23. The van der Waals surface area contributed by atoms with Crippen LogP contribution in [0.1, 0.15) is 48.0 Å². The zero-order valence-corrected chi connectivity index (χ0v) is 13.3. The average molecular weight is 312 g/mol. The standard InChI is InChI=1S/C19H21FN2O/c1-14-10-11-15(13-17(14)20)19(23)22-12-6-5-9-18(22)21-16-7-3-2-4-8-16/h5-6,9-13,16H,2-4,7-8H2,1H3. The van der Waals surface area contributed by atoms with Crippen molar-refractivity contribution < 1.29 is 9.18 Å². The number of hydrogen-bond acceptors (Lipinski definition) is 2. The number of aryl methyl sites for hydroxylation is 1. The normalized spacial score (nSPS) is 16.5. The van der Waals surface area contributed by atoms with Crippen LogP contribution in [-0.2, 0) is 0 Å². The summed E-state index contributed by atoms with van der Waals surface area (Å²) in [4.78, 5) is 17.5. The number of hydrogen-bond donors (Lipinski definition) is 0. The quantitative estimate of drug-likeness (QED) is 0.829. The van der Waals surface area contributed by atoms with Gasteiger partial charge in [0.1, 0.15) is 11.3 Å². The summed E-state index contributed by atoms with van der Waals surface area (Å²) in [6, 6.07) is 10.4. The Bertz CT molecular complexity index is 773. The van der Waals surface area contributed by atoms with Crippen LogP contribution >= 0.6 is 0 Å². The summed E-state index contributed by atoms with van der Waals surface area (Å²) in [7, 11) is 0. The largest absolute Gasteiger partial charge is 0.268 e. The molecular formula is C19H21FN2O. The highest BCUT2D eigenvalue weighted by Gasteiger charge is 2.14. The second-order valence-corrected chi connectivity index (χ2v) is 6.12. The summed E-state index contributed by atoms with van der Waals surface area (Å²) in [5, 5.41) is 0. The molecule has 0 atom stereocenters. The van der Waals surface area contributed by atoms with E-state index in [9.17, 15) is 9.18 Å². The average Bonchev–Trinajstić information content (AvgIpc) is 2.58. The minimum absolute atomic E-state index is 0.251. The first-order valence-electron chi connectivity index (χ1n) is 8.17. The third kappa shape index (κ3) is 3.58. The van der Waals surface area contributed by atoms with Crippen LogP contribution in [0.4, 0.5) is 4.39 Å². The van der Waals surface area contributed by atoms with Crippen LogP contribution < -0.4 is 5.49 Å². The molecule has 1 heterocycles. The Labute approximate surface area is 135 Å². The van der Waals surface area contributed by atoms with Crippen LogP contribution in [0.5, 0.6) is 0 Å². The third-order valence-electron chi connectivity index (χ3n) is 4.37. The fourth-order valence-corrected chi connectivity index (χ4v) is 2.97. The van der Waals surface area contributed by atoms with Crippen LogP contribution in [0.2, 0.25) is 0 Å². The van der Waals surface area contributed by atoms with E-state index in [2.05, 4.69) is 0 Å². The first-order valence-corrected chi connectivity index (χ1v) is 8.17. The Morgan fingerprint density at radius 3 is 2.70 bits per heavy atom. The van der Waals surface area contributed by atoms with Crippen molar-refractivity contribution >= 4 is 5.91 Å². The van der Waals surface area contributed by atoms with E-state index in [1.807, 2.05) is 12.1 Å². The number of benzene rings is 1. The van der Waals surface area contributed by atoms with Gasteiger partial charge in [0.25, 0.3) is 5.91 Å². The van der Waals surface area contributed by atoms with Gasteiger partial charge in [0.15, 0.2) is 0 Å². The summed E-state index contributed by atoms with van der Waals surface area (Å²) < 4.78 is 15.3. The fourth-order valence-electron chi connectivity index (χ4n) is 2.97. The lowest BCUT2D eigenvalue weighted by Gasteiger charge is -2.17. The molecule has 0 saturated heterocycles. The number of aromatic nitrogens is 1. The van der Waals surface area contributed by atoms with E-state index in [0.29, 0.717) is 16.6 Å². The van der Waals surface area contributed by atoms with Gasteiger partial charge in [-0.25, -0.2) is 4.39 Å². The second kappa shape index (κ2) is 6.90. The van der Waals surface area contributed by atoms with Gasteiger partial charge < -0.3 is 0 Å². The molecule has 0 bridgehead atoms. The van der Waals surface area contributed by atoms with Gasteiger partial charge in [-0.05, 0) is 49.6 Å². The zero-order chi connectivity index (χ0) is 16.2. The van der Waals surface area contributed by atoms with Gasteiger partial charge in [-0.2, -0.15) is 0 Å². The smallest absolute Gasteiger partial charge is 0.263 e. The van der Waals surface area contributed by atoms with Gasteiger partial charge >= 0.3 is 0 Å². The highest BCUT2D eigenvalue weighted by molar-refractivity contribution is 5.95. The lowest BCUT2D eigenvalue weighted by atomic mass is 9.96. The number of pyridine rings is 1. The van der Waals surface area contributed by atoms with Crippen LogP contribution in [0.25, 0.3) is 0 Å². The molecule has 120 valence electrons. The van der Waals surface area contributed by atoms with Crippen LogP contribution in [0.3, 0.4) is 0 Å². The van der Waals surface area contributed by atoms with E-state index in [1.54, 1.807) is 31.3 Å². The Kier molecular flexibility index (Phi) is 4.70. The van der Waals surface area contributed by atoms with E-state index < -0.39 is 0 Å². The predicted octanol–water partition coefficient (Wildman–Crippen LogP) is 3.86. The molecule has 1 aliphatic rings. The number of carbonyl (C=O) groups excluding carboxylic acids is 1. The molecule has 1 aromatic carbocycles. The molecule has 1 aromatic heterocycles. The predicted molar refractivity (Wildman–Crippen MR) is 87.7 cm³/mol. The highest BCUT2D eigenvalue weighted by Crippen LogP contribution is 2.19. The second-order valence-electron chi connectivity index (χ2n) is 6.12. The molecular weight excluding hydrogens is 291 g/mol. The molecule has 3 rings (SSSR count). The van der Waals surface area contributed by atoms with Gasteiger partial charge in [0.2, 0.25) is 0 Å². The maximum absolute atomic E-state index is 13.7. The van der Waals surface area contributed by atoms with Gasteiger partial charge in [-0.1, -0.05) is 31.4 Å². The lowest BCUT2D eigenvalue weighted by molar-refractivity contribution is 0.0954. The number of nitrogens with zero attached hydrogens (tertiary/aromatic N) is 2. The van der Waals surface area contributed by atoms with E-state index in [4.69, 9.17) is 4.99 Å². The lowest BCUT2D eigenvalue weighted by Crippen LogP contribution is -2.29. The SMILES string of the molecule is Cc1ccc(C(=O)n2ccccc2=NC2CCCCC2)cc1F. The zero-order valence-electron chi connectivity index (χ0n) is 13.3. The summed E-state index contributed by atoms with van der Waals surface area (Å²) in [6.45, 7) is 1.68. The highest BCUT2D eigenvalue weighted by atomic mass is 19.1. The van der Waals surface area contributed by atoms with Crippen molar-refractivity contribution in [3.05, 3.63) is 65.0 Å². The molecule has 1 fully saturated rings. The topological polar surface area (TPSA) is 34.4 Å². The third-order valence-corrected chi connectivity index (χ3v) is 4.37. The minimum atomic E-state index is -0.363. The van der Waals surface area contributed by atoms with Crippen LogP contribution in [-0.4, -0.2) is 16.5 Å². The number of rotatable bonds is 2. The van der Waals surface area contributed by atoms with Crippen molar-refractivity contribution in [3.8, 4) is 0 Å². The molecule has 0 radical (unpaired) electrons. The van der Waals surface area contributed by atoms with Gasteiger partial charge in [-0.15, -0.1) is 0 Å². The Balaban J connectivity index is 1.97. The molecule has 0 N–H and O–H groups in total. The van der Waals surface area contributed by atoms with Crippen molar-refractivity contribution in [2.24, 2.45) is 4.99 Å². The molecule has 4 heteroatoms. The molecule has 1 aliphatic carbocycles. The van der Waals surface area contributed by atoms with Crippen molar-refractivity contribution in [2.75, 3.05) is 0 Å². The van der Waals surface area contributed by atoms with Crippen molar-refractivity contribution in [1.29, 1.82) is 0 Å². The molecule has 0 aliphatic heterocycles. The summed E-state index contributed by atoms with van der Waals surface area (Å²) in [6.07, 6.45) is 7.49. The van der Waals surface area contributed by atoms with Crippen LogP contribution in [0, 0.1) is 12.7 Å². The van der Waals surface area contributed by atoms with E-state index in [0.717, 1.165) is 12.8 Å². The summed E-state index contributed by atoms with van der Waals surface area (Å²) >= 11 is 0. The van der Waals surface area contributed by atoms with Crippen molar-refractivity contribution in [1.82, 2.24) is 4.57 Å². The molecule has 0 spiro atoms. The Morgan fingerprint density at radius 1 is 1.17 bits per heavy atom. The molecule has 0 amide bonds. The summed E-state index contributed by atoms with van der Waals surface area (Å²) in [5.41, 5.74) is 1.52.